The summed E-state index contributed by atoms with van der Waals surface area (Å²) in [4.78, 5) is 28.2. The summed E-state index contributed by atoms with van der Waals surface area (Å²) < 4.78 is 0. The Balaban J connectivity index is 1.44. The Labute approximate surface area is 163 Å². The van der Waals surface area contributed by atoms with E-state index >= 15 is 0 Å². The van der Waals surface area contributed by atoms with E-state index in [1.165, 1.54) is 16.0 Å². The van der Waals surface area contributed by atoms with E-state index < -0.39 is 0 Å². The Morgan fingerprint density at radius 1 is 1.11 bits per heavy atom. The highest BCUT2D eigenvalue weighted by Gasteiger charge is 2.31. The molecule has 4 rings (SSSR count). The highest BCUT2D eigenvalue weighted by molar-refractivity contribution is 7.10. The topological polar surface area (TPSA) is 61.4 Å². The summed E-state index contributed by atoms with van der Waals surface area (Å²) in [5, 5.41) is 7.55. The van der Waals surface area contributed by atoms with Gasteiger partial charge >= 0.3 is 6.03 Å². The summed E-state index contributed by atoms with van der Waals surface area (Å²) in [5.74, 6) is -0.245. The standard InChI is InChI=1S/C21H25N3O2S/c25-19(23-21(26)22-16-8-4-5-9-16)14-24-12-10-18-17(11-13-27-18)20(24)15-6-2-1-3-7-15/h1-3,6-7,11,13,16,20H,4-5,8-10,12,14H2,(H2,22,23,25,26)/t20-/m1/s1. The van der Waals surface area contributed by atoms with Crippen molar-refractivity contribution in [2.24, 2.45) is 0 Å². The van der Waals surface area contributed by atoms with Crippen LogP contribution in [0.5, 0.6) is 0 Å². The molecule has 0 radical (unpaired) electrons. The molecule has 1 aliphatic carbocycles. The number of rotatable bonds is 4. The van der Waals surface area contributed by atoms with Gasteiger partial charge in [0.15, 0.2) is 0 Å². The van der Waals surface area contributed by atoms with Crippen molar-refractivity contribution in [1.82, 2.24) is 15.5 Å². The normalized spacial score (nSPS) is 20.2. The number of fused-ring (bicyclic) bond motifs is 1. The van der Waals surface area contributed by atoms with Crippen LogP contribution in [0.2, 0.25) is 0 Å². The fourth-order valence-electron chi connectivity index (χ4n) is 4.21. The van der Waals surface area contributed by atoms with Crippen molar-refractivity contribution in [3.05, 3.63) is 57.8 Å². The van der Waals surface area contributed by atoms with Crippen molar-refractivity contribution in [2.75, 3.05) is 13.1 Å². The number of hydrogen-bond acceptors (Lipinski definition) is 4. The molecule has 1 saturated carbocycles. The predicted octanol–water partition coefficient (Wildman–Crippen LogP) is 3.46. The molecule has 1 aromatic carbocycles. The molecular weight excluding hydrogens is 358 g/mol. The van der Waals surface area contributed by atoms with Crippen LogP contribution in [0, 0.1) is 0 Å². The van der Waals surface area contributed by atoms with Crippen LogP contribution in [0.25, 0.3) is 0 Å². The van der Waals surface area contributed by atoms with Crippen molar-refractivity contribution in [3.8, 4) is 0 Å². The molecule has 2 aliphatic rings. The average molecular weight is 384 g/mol. The van der Waals surface area contributed by atoms with Crippen LogP contribution in [0.15, 0.2) is 41.8 Å². The van der Waals surface area contributed by atoms with Crippen LogP contribution in [0.1, 0.15) is 47.7 Å². The molecule has 27 heavy (non-hydrogen) atoms. The third kappa shape index (κ3) is 4.22. The predicted molar refractivity (Wildman–Crippen MR) is 107 cm³/mol. The number of urea groups is 1. The van der Waals surface area contributed by atoms with Crippen LogP contribution in [0.3, 0.4) is 0 Å². The fraction of sp³-hybridized carbons (Fsp3) is 0.429. The number of hydrogen-bond donors (Lipinski definition) is 2. The van der Waals surface area contributed by atoms with Gasteiger partial charge in [0.25, 0.3) is 0 Å². The molecule has 2 heterocycles. The minimum atomic E-state index is -0.364. The van der Waals surface area contributed by atoms with Crippen LogP contribution < -0.4 is 10.6 Å². The van der Waals surface area contributed by atoms with Crippen molar-refractivity contribution >= 4 is 23.3 Å². The fourth-order valence-corrected chi connectivity index (χ4v) is 5.11. The minimum Gasteiger partial charge on any atom is -0.335 e. The number of imide groups is 1. The molecule has 1 fully saturated rings. The molecule has 0 spiro atoms. The van der Waals surface area contributed by atoms with Gasteiger partial charge in [-0.1, -0.05) is 43.2 Å². The van der Waals surface area contributed by atoms with E-state index in [4.69, 9.17) is 0 Å². The zero-order chi connectivity index (χ0) is 18.6. The zero-order valence-corrected chi connectivity index (χ0v) is 16.1. The molecule has 5 nitrogen and oxygen atoms in total. The molecule has 142 valence electrons. The lowest BCUT2D eigenvalue weighted by Crippen LogP contribution is -2.48. The van der Waals surface area contributed by atoms with E-state index in [9.17, 15) is 9.59 Å². The summed E-state index contributed by atoms with van der Waals surface area (Å²) in [7, 11) is 0. The molecule has 0 saturated heterocycles. The number of nitrogens with one attached hydrogen (secondary N) is 2. The first kappa shape index (κ1) is 18.2. The Bertz CT molecular complexity index is 799. The van der Waals surface area contributed by atoms with Crippen molar-refractivity contribution < 1.29 is 9.59 Å². The van der Waals surface area contributed by atoms with Crippen molar-refractivity contribution in [1.29, 1.82) is 0 Å². The molecule has 1 aliphatic heterocycles. The van der Waals surface area contributed by atoms with E-state index in [0.29, 0.717) is 0 Å². The smallest absolute Gasteiger partial charge is 0.321 e. The maximum Gasteiger partial charge on any atom is 0.321 e. The van der Waals surface area contributed by atoms with Gasteiger partial charge in [0.05, 0.1) is 12.6 Å². The largest absolute Gasteiger partial charge is 0.335 e. The Morgan fingerprint density at radius 3 is 2.67 bits per heavy atom. The maximum atomic E-state index is 12.5. The first-order valence-electron chi connectivity index (χ1n) is 9.66. The molecule has 0 bridgehead atoms. The van der Waals surface area contributed by atoms with Gasteiger partial charge in [0.1, 0.15) is 0 Å². The van der Waals surface area contributed by atoms with E-state index in [1.54, 1.807) is 11.3 Å². The van der Waals surface area contributed by atoms with E-state index in [0.717, 1.165) is 38.6 Å². The number of benzene rings is 1. The van der Waals surface area contributed by atoms with E-state index in [1.807, 2.05) is 18.2 Å². The molecule has 1 aromatic heterocycles. The second kappa shape index (κ2) is 8.23. The molecule has 2 aromatic rings. The van der Waals surface area contributed by atoms with Gasteiger partial charge in [-0.05, 0) is 41.8 Å². The first-order valence-corrected chi connectivity index (χ1v) is 10.5. The Hall–Kier alpha value is -2.18. The molecule has 6 heteroatoms. The van der Waals surface area contributed by atoms with Crippen molar-refractivity contribution in [3.63, 3.8) is 0 Å². The van der Waals surface area contributed by atoms with Gasteiger partial charge in [0, 0.05) is 17.5 Å². The number of nitrogens with zero attached hydrogens (tertiary/aromatic N) is 1. The quantitative estimate of drug-likeness (QED) is 0.850. The second-order valence-electron chi connectivity index (χ2n) is 7.34. The van der Waals surface area contributed by atoms with E-state index in [-0.39, 0.29) is 30.6 Å². The molecular formula is C21H25N3O2S. The average Bonchev–Trinajstić information content (AvgIpc) is 3.33. The maximum absolute atomic E-state index is 12.5. The van der Waals surface area contributed by atoms with Crippen LogP contribution in [-0.2, 0) is 11.2 Å². The lowest BCUT2D eigenvalue weighted by molar-refractivity contribution is -0.121. The zero-order valence-electron chi connectivity index (χ0n) is 15.3. The van der Waals surface area contributed by atoms with Crippen molar-refractivity contribution in [2.45, 2.75) is 44.2 Å². The molecule has 3 amide bonds. The van der Waals surface area contributed by atoms with Gasteiger partial charge < -0.3 is 5.32 Å². The monoisotopic (exact) mass is 383 g/mol. The summed E-state index contributed by atoms with van der Waals surface area (Å²) in [6, 6.07) is 12.3. The number of thiophene rings is 1. The number of carbonyl (C=O) groups excluding carboxylic acids is 2. The van der Waals surface area contributed by atoms with Gasteiger partial charge in [-0.2, -0.15) is 0 Å². The number of carbonyl (C=O) groups is 2. The second-order valence-corrected chi connectivity index (χ2v) is 8.34. The lowest BCUT2D eigenvalue weighted by Gasteiger charge is -2.35. The summed E-state index contributed by atoms with van der Waals surface area (Å²) in [5.41, 5.74) is 2.46. The highest BCUT2D eigenvalue weighted by Crippen LogP contribution is 2.37. The SMILES string of the molecule is O=C(CN1CCc2sccc2[C@H]1c1ccccc1)NC(=O)NC1CCCC1. The summed E-state index contributed by atoms with van der Waals surface area (Å²) in [6.45, 7) is 1.03. The lowest BCUT2D eigenvalue weighted by atomic mass is 9.93. The highest BCUT2D eigenvalue weighted by atomic mass is 32.1. The molecule has 0 unspecified atom stereocenters. The molecule has 2 N–H and O–H groups in total. The Kier molecular flexibility index (Phi) is 5.55. The summed E-state index contributed by atoms with van der Waals surface area (Å²) in [6.07, 6.45) is 5.25. The van der Waals surface area contributed by atoms with Gasteiger partial charge in [0.2, 0.25) is 5.91 Å². The third-order valence-corrected chi connectivity index (χ3v) is 6.47. The van der Waals surface area contributed by atoms with Crippen LogP contribution in [0.4, 0.5) is 4.79 Å². The minimum absolute atomic E-state index is 0.0600. The van der Waals surface area contributed by atoms with E-state index in [2.05, 4.69) is 39.1 Å². The van der Waals surface area contributed by atoms with Gasteiger partial charge in [-0.25, -0.2) is 4.79 Å². The van der Waals surface area contributed by atoms with Gasteiger partial charge in [-0.15, -0.1) is 11.3 Å². The van der Waals surface area contributed by atoms with Crippen LogP contribution in [-0.4, -0.2) is 36.0 Å². The first-order chi connectivity index (χ1) is 13.2. The molecule has 1 atom stereocenters. The third-order valence-electron chi connectivity index (χ3n) is 5.47. The van der Waals surface area contributed by atoms with Crippen LogP contribution >= 0.6 is 11.3 Å². The summed E-state index contributed by atoms with van der Waals surface area (Å²) >= 11 is 1.78. The Morgan fingerprint density at radius 2 is 1.89 bits per heavy atom. The van der Waals surface area contributed by atoms with Gasteiger partial charge in [-0.3, -0.25) is 15.0 Å². The number of amides is 3.